The maximum absolute atomic E-state index is 13.2. The second-order valence-corrected chi connectivity index (χ2v) is 9.96. The predicted octanol–water partition coefficient (Wildman–Crippen LogP) is 4.81. The fraction of sp³-hybridized carbons (Fsp3) is 0.348. The molecule has 0 N–H and O–H groups in total. The van der Waals surface area contributed by atoms with Crippen LogP contribution in [0.1, 0.15) is 56.4 Å². The van der Waals surface area contributed by atoms with Crippen molar-refractivity contribution in [2.75, 3.05) is 0 Å². The van der Waals surface area contributed by atoms with Gasteiger partial charge in [0.15, 0.2) is 0 Å². The van der Waals surface area contributed by atoms with Gasteiger partial charge in [0.2, 0.25) is 0 Å². The number of carbonyl (C=O) groups is 2. The lowest BCUT2D eigenvalue weighted by Gasteiger charge is -2.23. The topological polar surface area (TPSA) is 53.5 Å². The molecule has 30 heavy (non-hydrogen) atoms. The Hall–Kier alpha value is -2.51. The van der Waals surface area contributed by atoms with Crippen molar-refractivity contribution in [1.29, 1.82) is 0 Å². The summed E-state index contributed by atoms with van der Waals surface area (Å²) >= 11 is 3.32. The molecule has 0 unspecified atom stereocenters. The van der Waals surface area contributed by atoms with E-state index in [2.05, 4.69) is 17.1 Å². The van der Waals surface area contributed by atoms with Crippen LogP contribution in [0.5, 0.6) is 0 Å². The third-order valence-electron chi connectivity index (χ3n) is 5.50. The molecular weight excluding hydrogens is 414 g/mol. The summed E-state index contributed by atoms with van der Waals surface area (Å²) in [5, 5.41) is 4.06. The van der Waals surface area contributed by atoms with Crippen molar-refractivity contribution < 1.29 is 9.59 Å². The summed E-state index contributed by atoms with van der Waals surface area (Å²) < 4.78 is 0. The first-order valence-corrected chi connectivity index (χ1v) is 12.1. The minimum atomic E-state index is -0.0863. The summed E-state index contributed by atoms with van der Waals surface area (Å²) in [5.41, 5.74) is 0.715. The van der Waals surface area contributed by atoms with E-state index in [0.717, 1.165) is 25.7 Å². The summed E-state index contributed by atoms with van der Waals surface area (Å²) in [6.07, 6.45) is 4.13. The maximum Gasteiger partial charge on any atom is 0.273 e. The molecule has 0 aromatic carbocycles. The third-order valence-corrected chi connectivity index (χ3v) is 7.22. The first-order valence-electron chi connectivity index (χ1n) is 10.3. The molecule has 0 bridgehead atoms. The lowest BCUT2D eigenvalue weighted by atomic mass is 10.2. The van der Waals surface area contributed by atoms with Gasteiger partial charge in [-0.15, -0.1) is 22.7 Å². The van der Waals surface area contributed by atoms with Gasteiger partial charge in [0.25, 0.3) is 11.8 Å². The van der Waals surface area contributed by atoms with Crippen molar-refractivity contribution in [3.05, 3.63) is 74.4 Å². The highest BCUT2D eigenvalue weighted by Crippen LogP contribution is 2.32. The average Bonchev–Trinajstić information content (AvgIpc) is 3.69. The van der Waals surface area contributed by atoms with E-state index >= 15 is 0 Å². The molecule has 0 atom stereocenters. The Morgan fingerprint density at radius 3 is 1.60 bits per heavy atom. The number of carbonyl (C=O) groups excluding carboxylic acids is 2. The van der Waals surface area contributed by atoms with Crippen LogP contribution >= 0.6 is 22.7 Å². The van der Waals surface area contributed by atoms with E-state index in [4.69, 9.17) is 0 Å². The molecular formula is C23H23N3O2S2. The van der Waals surface area contributed by atoms with Crippen molar-refractivity contribution in [2.24, 2.45) is 0 Å². The van der Waals surface area contributed by atoms with E-state index < -0.39 is 0 Å². The van der Waals surface area contributed by atoms with Crippen LogP contribution in [0.15, 0.2) is 53.2 Å². The quantitative estimate of drug-likeness (QED) is 0.508. The van der Waals surface area contributed by atoms with Gasteiger partial charge in [0, 0.05) is 21.8 Å². The second kappa shape index (κ2) is 8.32. The summed E-state index contributed by atoms with van der Waals surface area (Å²) in [5.74, 6) is -0.173. The molecule has 5 rings (SSSR count). The lowest BCUT2D eigenvalue weighted by molar-refractivity contribution is 0.0718. The zero-order valence-electron chi connectivity index (χ0n) is 16.6. The molecule has 2 amide bonds. The molecule has 0 radical (unpaired) electrons. The Bertz CT molecular complexity index is 945. The van der Waals surface area contributed by atoms with E-state index in [0.29, 0.717) is 24.5 Å². The zero-order chi connectivity index (χ0) is 20.5. The molecule has 0 saturated heterocycles. The van der Waals surface area contributed by atoms with Crippen LogP contribution in [0.4, 0.5) is 0 Å². The summed E-state index contributed by atoms with van der Waals surface area (Å²) in [6, 6.07) is 13.9. The van der Waals surface area contributed by atoms with Gasteiger partial charge >= 0.3 is 0 Å². The van der Waals surface area contributed by atoms with Gasteiger partial charge in [-0.1, -0.05) is 18.2 Å². The minimum absolute atomic E-state index is 0.0863. The molecule has 0 aliphatic heterocycles. The number of hydrogen-bond acceptors (Lipinski definition) is 5. The van der Waals surface area contributed by atoms with E-state index in [1.807, 2.05) is 32.7 Å². The predicted molar refractivity (Wildman–Crippen MR) is 119 cm³/mol. The lowest BCUT2D eigenvalue weighted by Crippen LogP contribution is -2.35. The molecule has 154 valence electrons. The van der Waals surface area contributed by atoms with Crippen LogP contribution < -0.4 is 0 Å². The first-order chi connectivity index (χ1) is 14.7. The van der Waals surface area contributed by atoms with Crippen molar-refractivity contribution >= 4 is 34.5 Å². The van der Waals surface area contributed by atoms with Crippen molar-refractivity contribution in [3.63, 3.8) is 0 Å². The molecule has 0 spiro atoms. The van der Waals surface area contributed by atoms with Gasteiger partial charge in [-0.25, -0.2) is 4.98 Å². The number of rotatable bonds is 8. The highest BCUT2D eigenvalue weighted by Gasteiger charge is 2.36. The smallest absolute Gasteiger partial charge is 0.273 e. The molecule has 2 aliphatic carbocycles. The number of aromatic nitrogens is 1. The zero-order valence-corrected chi connectivity index (χ0v) is 18.2. The molecule has 3 aromatic rings. The van der Waals surface area contributed by atoms with Crippen LogP contribution in [-0.2, 0) is 13.1 Å². The van der Waals surface area contributed by atoms with Crippen LogP contribution in [0.25, 0.3) is 0 Å². The van der Waals surface area contributed by atoms with E-state index in [-0.39, 0.29) is 23.9 Å². The molecule has 5 nitrogen and oxygen atoms in total. The van der Waals surface area contributed by atoms with Gasteiger partial charge in [-0.05, 0) is 60.7 Å². The molecule has 2 fully saturated rings. The Balaban J connectivity index is 1.36. The number of thiophene rings is 2. The molecule has 3 aromatic heterocycles. The number of nitrogens with zero attached hydrogens (tertiary/aromatic N) is 3. The Morgan fingerprint density at radius 2 is 1.23 bits per heavy atom. The molecule has 7 heteroatoms. The van der Waals surface area contributed by atoms with Gasteiger partial charge in [0.1, 0.15) is 11.4 Å². The average molecular weight is 438 g/mol. The number of pyridine rings is 1. The van der Waals surface area contributed by atoms with Crippen LogP contribution in [0.3, 0.4) is 0 Å². The molecule has 2 aliphatic rings. The van der Waals surface area contributed by atoms with Gasteiger partial charge in [0.05, 0.1) is 13.1 Å². The standard InChI is InChI=1S/C23H23N3O2S2/c27-22(25(16-8-9-16)14-18-4-2-12-29-18)20-6-1-7-21(24-20)23(28)26(17-10-11-17)15-19-5-3-13-30-19/h1-7,12-13,16-17H,8-11,14-15H2. The minimum Gasteiger partial charge on any atom is -0.329 e. The normalized spacial score (nSPS) is 15.7. The van der Waals surface area contributed by atoms with Gasteiger partial charge in [-0.3, -0.25) is 9.59 Å². The first kappa shape index (κ1) is 19.5. The van der Waals surface area contributed by atoms with Crippen molar-refractivity contribution in [3.8, 4) is 0 Å². The van der Waals surface area contributed by atoms with Crippen LogP contribution in [0.2, 0.25) is 0 Å². The SMILES string of the molecule is O=C(c1cccc(C(=O)N(Cc2cccs2)C2CC2)n1)N(Cc1cccs1)C1CC1. The largest absolute Gasteiger partial charge is 0.329 e. The fourth-order valence-corrected chi connectivity index (χ4v) is 5.02. The van der Waals surface area contributed by atoms with Crippen molar-refractivity contribution in [2.45, 2.75) is 50.9 Å². The monoisotopic (exact) mass is 437 g/mol. The third kappa shape index (κ3) is 4.32. The van der Waals surface area contributed by atoms with E-state index in [1.165, 1.54) is 9.75 Å². The van der Waals surface area contributed by atoms with Gasteiger partial charge < -0.3 is 9.80 Å². The van der Waals surface area contributed by atoms with E-state index in [1.54, 1.807) is 40.9 Å². The highest BCUT2D eigenvalue weighted by molar-refractivity contribution is 7.10. The van der Waals surface area contributed by atoms with Crippen LogP contribution in [0, 0.1) is 0 Å². The summed E-state index contributed by atoms with van der Waals surface area (Å²) in [4.78, 5) is 37.2. The molecule has 2 saturated carbocycles. The summed E-state index contributed by atoms with van der Waals surface area (Å²) in [7, 11) is 0. The number of hydrogen-bond donors (Lipinski definition) is 0. The fourth-order valence-electron chi connectivity index (χ4n) is 3.61. The number of amides is 2. The summed E-state index contributed by atoms with van der Waals surface area (Å²) in [6.45, 7) is 1.21. The Labute approximate surface area is 184 Å². The maximum atomic E-state index is 13.2. The Morgan fingerprint density at radius 1 is 0.767 bits per heavy atom. The van der Waals surface area contributed by atoms with Crippen molar-refractivity contribution in [1.82, 2.24) is 14.8 Å². The Kier molecular flexibility index (Phi) is 5.39. The van der Waals surface area contributed by atoms with E-state index in [9.17, 15) is 9.59 Å². The molecule has 3 heterocycles. The van der Waals surface area contributed by atoms with Crippen LogP contribution in [-0.4, -0.2) is 38.7 Å². The van der Waals surface area contributed by atoms with Gasteiger partial charge in [-0.2, -0.15) is 0 Å². The second-order valence-electron chi connectivity index (χ2n) is 7.90. The highest BCUT2D eigenvalue weighted by atomic mass is 32.1.